The van der Waals surface area contributed by atoms with Crippen molar-refractivity contribution < 1.29 is 9.47 Å². The Morgan fingerprint density at radius 3 is 2.67 bits per heavy atom. The number of guanidine groups is 1. The van der Waals surface area contributed by atoms with Crippen LogP contribution in [-0.2, 0) is 0 Å². The molecule has 0 bridgehead atoms. The van der Waals surface area contributed by atoms with E-state index in [1.807, 2.05) is 36.4 Å². The van der Waals surface area contributed by atoms with Gasteiger partial charge in [-0.1, -0.05) is 18.2 Å². The van der Waals surface area contributed by atoms with E-state index in [2.05, 4.69) is 30.2 Å². The summed E-state index contributed by atoms with van der Waals surface area (Å²) in [6.07, 6.45) is -0.134. The molecule has 0 fully saturated rings. The number of hydrogen-bond acceptors (Lipinski definition) is 3. The standard InChI is InChI=1S/C18H21N3O2.HI/c1-12-7-8-14(9-13(12)2)21-18(19)20-10-15-11-22-16-5-3-4-6-17(16)23-15;/h3-9,15H,10-11H2,1-2H3,(H3,19,20,21);1H. The van der Waals surface area contributed by atoms with Gasteiger partial charge in [-0.25, -0.2) is 4.99 Å². The Bertz CT molecular complexity index is 734. The minimum Gasteiger partial charge on any atom is -0.486 e. The Balaban J connectivity index is 0.00000208. The summed E-state index contributed by atoms with van der Waals surface area (Å²) in [5.41, 5.74) is 9.34. The van der Waals surface area contributed by atoms with Gasteiger partial charge in [0.05, 0.1) is 6.54 Å². The summed E-state index contributed by atoms with van der Waals surface area (Å²) in [6.45, 7) is 5.06. The fraction of sp³-hybridized carbons (Fsp3) is 0.278. The van der Waals surface area contributed by atoms with Crippen molar-refractivity contribution in [1.29, 1.82) is 0 Å². The molecule has 128 valence electrons. The Morgan fingerprint density at radius 2 is 1.92 bits per heavy atom. The van der Waals surface area contributed by atoms with Gasteiger partial charge < -0.3 is 20.5 Å². The maximum Gasteiger partial charge on any atom is 0.193 e. The van der Waals surface area contributed by atoms with Crippen LogP contribution in [0.3, 0.4) is 0 Å². The molecule has 3 rings (SSSR count). The Morgan fingerprint density at radius 1 is 1.17 bits per heavy atom. The van der Waals surface area contributed by atoms with E-state index in [4.69, 9.17) is 15.2 Å². The average molecular weight is 439 g/mol. The van der Waals surface area contributed by atoms with Crippen LogP contribution in [0.1, 0.15) is 11.1 Å². The summed E-state index contributed by atoms with van der Waals surface area (Å²) in [4.78, 5) is 4.35. The van der Waals surface area contributed by atoms with Gasteiger partial charge in [-0.05, 0) is 49.2 Å². The molecule has 1 aliphatic heterocycles. The largest absolute Gasteiger partial charge is 0.486 e. The first-order valence-electron chi connectivity index (χ1n) is 7.64. The lowest BCUT2D eigenvalue weighted by atomic mass is 10.1. The van der Waals surface area contributed by atoms with E-state index in [1.54, 1.807) is 0 Å². The molecule has 0 aromatic heterocycles. The van der Waals surface area contributed by atoms with Gasteiger partial charge in [0.1, 0.15) is 6.61 Å². The summed E-state index contributed by atoms with van der Waals surface area (Å²) in [5.74, 6) is 1.89. The summed E-state index contributed by atoms with van der Waals surface area (Å²) < 4.78 is 11.5. The van der Waals surface area contributed by atoms with Gasteiger partial charge in [-0.2, -0.15) is 0 Å². The zero-order valence-electron chi connectivity index (χ0n) is 13.8. The molecule has 0 spiro atoms. The van der Waals surface area contributed by atoms with E-state index in [1.165, 1.54) is 11.1 Å². The SMILES string of the molecule is Cc1ccc(NC(N)=NCC2COc3ccccc3O2)cc1C.I. The summed E-state index contributed by atoms with van der Waals surface area (Å²) in [6, 6.07) is 13.7. The number of nitrogens with one attached hydrogen (secondary N) is 1. The number of nitrogens with two attached hydrogens (primary N) is 1. The third-order valence-electron chi connectivity index (χ3n) is 3.81. The van der Waals surface area contributed by atoms with E-state index >= 15 is 0 Å². The van der Waals surface area contributed by atoms with Crippen LogP contribution in [0.25, 0.3) is 0 Å². The number of benzene rings is 2. The minimum absolute atomic E-state index is 0. The highest BCUT2D eigenvalue weighted by Gasteiger charge is 2.20. The van der Waals surface area contributed by atoms with Crippen molar-refractivity contribution in [3.63, 3.8) is 0 Å². The monoisotopic (exact) mass is 439 g/mol. The second-order valence-electron chi connectivity index (χ2n) is 5.65. The van der Waals surface area contributed by atoms with Crippen molar-refractivity contribution in [1.82, 2.24) is 0 Å². The number of aryl methyl sites for hydroxylation is 2. The topological polar surface area (TPSA) is 68.9 Å². The van der Waals surface area contributed by atoms with E-state index in [-0.39, 0.29) is 30.1 Å². The Labute approximate surface area is 159 Å². The molecule has 2 aromatic rings. The molecule has 1 aliphatic rings. The van der Waals surface area contributed by atoms with Crippen molar-refractivity contribution in [3.05, 3.63) is 53.6 Å². The highest BCUT2D eigenvalue weighted by molar-refractivity contribution is 14.0. The van der Waals surface area contributed by atoms with Gasteiger partial charge in [0.2, 0.25) is 0 Å². The number of nitrogens with zero attached hydrogens (tertiary/aromatic N) is 1. The van der Waals surface area contributed by atoms with Crippen molar-refractivity contribution in [2.24, 2.45) is 10.7 Å². The molecule has 24 heavy (non-hydrogen) atoms. The van der Waals surface area contributed by atoms with Crippen LogP contribution in [-0.4, -0.2) is 25.2 Å². The number of aliphatic imine (C=N–C) groups is 1. The van der Waals surface area contributed by atoms with Crippen LogP contribution >= 0.6 is 24.0 Å². The second-order valence-corrected chi connectivity index (χ2v) is 5.65. The molecular formula is C18H22IN3O2. The lowest BCUT2D eigenvalue weighted by Crippen LogP contribution is -2.33. The first-order valence-corrected chi connectivity index (χ1v) is 7.64. The first kappa shape index (κ1) is 18.4. The number of anilines is 1. The quantitative estimate of drug-likeness (QED) is 0.437. The van der Waals surface area contributed by atoms with Gasteiger partial charge in [-0.15, -0.1) is 24.0 Å². The molecule has 1 unspecified atom stereocenters. The molecule has 3 N–H and O–H groups in total. The number of hydrogen-bond donors (Lipinski definition) is 2. The van der Waals surface area contributed by atoms with Crippen LogP contribution in [0, 0.1) is 13.8 Å². The summed E-state index contributed by atoms with van der Waals surface area (Å²) in [5, 5.41) is 3.10. The maximum absolute atomic E-state index is 5.95. The number of ether oxygens (including phenoxy) is 2. The first-order chi connectivity index (χ1) is 11.1. The molecular weight excluding hydrogens is 417 g/mol. The Hall–Kier alpha value is -1.96. The maximum atomic E-state index is 5.95. The minimum atomic E-state index is -0.134. The number of para-hydroxylation sites is 2. The molecule has 1 atom stereocenters. The molecule has 0 amide bonds. The van der Waals surface area contributed by atoms with Crippen molar-refractivity contribution in [2.45, 2.75) is 20.0 Å². The lowest BCUT2D eigenvalue weighted by molar-refractivity contribution is 0.0972. The normalized spacial score (nSPS) is 16.2. The van der Waals surface area contributed by atoms with Gasteiger partial charge in [-0.3, -0.25) is 0 Å². The molecule has 5 nitrogen and oxygen atoms in total. The van der Waals surface area contributed by atoms with E-state index < -0.39 is 0 Å². The van der Waals surface area contributed by atoms with Crippen LogP contribution in [0.2, 0.25) is 0 Å². The van der Waals surface area contributed by atoms with Gasteiger partial charge >= 0.3 is 0 Å². The molecule has 6 heteroatoms. The molecule has 1 heterocycles. The predicted octanol–water partition coefficient (Wildman–Crippen LogP) is 3.49. The molecule has 2 aromatic carbocycles. The van der Waals surface area contributed by atoms with E-state index in [0.717, 1.165) is 17.2 Å². The smallest absolute Gasteiger partial charge is 0.193 e. The number of halogens is 1. The van der Waals surface area contributed by atoms with Crippen molar-refractivity contribution >= 4 is 35.6 Å². The van der Waals surface area contributed by atoms with Crippen molar-refractivity contribution in [3.8, 4) is 11.5 Å². The zero-order valence-corrected chi connectivity index (χ0v) is 16.1. The Kier molecular flexibility index (Phi) is 6.30. The van der Waals surface area contributed by atoms with Crippen LogP contribution < -0.4 is 20.5 Å². The number of rotatable bonds is 3. The molecule has 0 saturated heterocycles. The van der Waals surface area contributed by atoms with Gasteiger partial charge in [0.15, 0.2) is 23.6 Å². The van der Waals surface area contributed by atoms with Gasteiger partial charge in [0, 0.05) is 5.69 Å². The lowest BCUT2D eigenvalue weighted by Gasteiger charge is -2.25. The van der Waals surface area contributed by atoms with Gasteiger partial charge in [0.25, 0.3) is 0 Å². The van der Waals surface area contributed by atoms with E-state index in [9.17, 15) is 0 Å². The third kappa shape index (κ3) is 4.53. The van der Waals surface area contributed by atoms with E-state index in [0.29, 0.717) is 19.1 Å². The fourth-order valence-electron chi connectivity index (χ4n) is 2.36. The number of fused-ring (bicyclic) bond motifs is 1. The summed E-state index contributed by atoms with van der Waals surface area (Å²) >= 11 is 0. The highest BCUT2D eigenvalue weighted by Crippen LogP contribution is 2.30. The zero-order chi connectivity index (χ0) is 16.2. The highest BCUT2D eigenvalue weighted by atomic mass is 127. The summed E-state index contributed by atoms with van der Waals surface area (Å²) in [7, 11) is 0. The van der Waals surface area contributed by atoms with Crippen LogP contribution in [0.5, 0.6) is 11.5 Å². The third-order valence-corrected chi connectivity index (χ3v) is 3.81. The second kappa shape index (κ2) is 8.23. The van der Waals surface area contributed by atoms with Crippen molar-refractivity contribution in [2.75, 3.05) is 18.5 Å². The fourth-order valence-corrected chi connectivity index (χ4v) is 2.36. The molecule has 0 aliphatic carbocycles. The van der Waals surface area contributed by atoms with Crippen LogP contribution in [0.4, 0.5) is 5.69 Å². The molecule has 0 radical (unpaired) electrons. The molecule has 0 saturated carbocycles. The van der Waals surface area contributed by atoms with Crippen LogP contribution in [0.15, 0.2) is 47.5 Å². The average Bonchev–Trinajstić information content (AvgIpc) is 2.56. The predicted molar refractivity (Wildman–Crippen MR) is 108 cm³/mol.